The van der Waals surface area contributed by atoms with E-state index in [1.165, 1.54) is 0 Å². The molecule has 1 heterocycles. The molecule has 2 N–H and O–H groups in total. The van der Waals surface area contributed by atoms with E-state index in [4.69, 9.17) is 0 Å². The van der Waals surface area contributed by atoms with Crippen LogP contribution < -0.4 is 10.6 Å². The number of rotatable bonds is 5. The lowest BCUT2D eigenvalue weighted by molar-refractivity contribution is -0.123. The molecule has 0 radical (unpaired) electrons. The van der Waals surface area contributed by atoms with E-state index >= 15 is 0 Å². The van der Waals surface area contributed by atoms with Crippen LogP contribution in [0.1, 0.15) is 19.8 Å². The second kappa shape index (κ2) is 8.93. The summed E-state index contributed by atoms with van der Waals surface area (Å²) in [6.45, 7) is 2.87. The SMILES string of the molecule is C[C@H](C(=O)Nc1cc(F)ccc1F)N1CCC(C(=O)Nc2ccccc2)CC1. The number of hydrogen-bond acceptors (Lipinski definition) is 3. The molecule has 2 aromatic carbocycles. The summed E-state index contributed by atoms with van der Waals surface area (Å²) in [7, 11) is 0. The third-order valence-corrected chi connectivity index (χ3v) is 5.06. The van der Waals surface area contributed by atoms with Crippen LogP contribution in [0.15, 0.2) is 48.5 Å². The molecule has 3 rings (SSSR count). The van der Waals surface area contributed by atoms with Gasteiger partial charge in [0, 0.05) is 17.7 Å². The highest BCUT2D eigenvalue weighted by Gasteiger charge is 2.30. The largest absolute Gasteiger partial charge is 0.326 e. The Bertz CT molecular complexity index is 837. The van der Waals surface area contributed by atoms with Crippen molar-refractivity contribution in [3.63, 3.8) is 0 Å². The summed E-state index contributed by atoms with van der Waals surface area (Å²) in [4.78, 5) is 26.8. The van der Waals surface area contributed by atoms with Crippen molar-refractivity contribution in [2.45, 2.75) is 25.8 Å². The highest BCUT2D eigenvalue weighted by molar-refractivity contribution is 5.95. The minimum atomic E-state index is -0.682. The van der Waals surface area contributed by atoms with Crippen LogP contribution in [0.4, 0.5) is 20.2 Å². The Balaban J connectivity index is 1.51. The number of piperidine rings is 1. The number of anilines is 2. The average molecular weight is 387 g/mol. The summed E-state index contributed by atoms with van der Waals surface area (Å²) in [5.41, 5.74) is 0.591. The van der Waals surface area contributed by atoms with Crippen LogP contribution in [-0.4, -0.2) is 35.8 Å². The minimum absolute atomic E-state index is 0.0233. The molecule has 28 heavy (non-hydrogen) atoms. The molecule has 0 aromatic heterocycles. The number of para-hydroxylation sites is 1. The standard InChI is InChI=1S/C21H23F2N3O2/c1-14(20(27)25-19-13-16(22)7-8-18(19)23)26-11-9-15(10-12-26)21(28)24-17-5-3-2-4-6-17/h2-8,13-15H,9-12H2,1H3,(H,24,28)(H,25,27)/t14-/m1/s1. The van der Waals surface area contributed by atoms with Gasteiger partial charge < -0.3 is 10.6 Å². The number of hydrogen-bond donors (Lipinski definition) is 2. The molecule has 2 amide bonds. The lowest BCUT2D eigenvalue weighted by atomic mass is 9.94. The molecule has 1 fully saturated rings. The predicted octanol–water partition coefficient (Wildman–Crippen LogP) is 3.64. The van der Waals surface area contributed by atoms with E-state index in [0.29, 0.717) is 25.9 Å². The summed E-state index contributed by atoms with van der Waals surface area (Å²) in [5.74, 6) is -1.85. The van der Waals surface area contributed by atoms with Gasteiger partial charge in [0.15, 0.2) is 0 Å². The molecule has 1 atom stereocenters. The average Bonchev–Trinajstić information content (AvgIpc) is 2.71. The summed E-state index contributed by atoms with van der Waals surface area (Å²) in [6, 6.07) is 11.7. The fourth-order valence-electron chi connectivity index (χ4n) is 3.31. The molecule has 148 valence electrons. The topological polar surface area (TPSA) is 61.4 Å². The lowest BCUT2D eigenvalue weighted by Crippen LogP contribution is -2.47. The first-order valence-corrected chi connectivity index (χ1v) is 9.30. The van der Waals surface area contributed by atoms with Crippen LogP contribution >= 0.6 is 0 Å². The van der Waals surface area contributed by atoms with E-state index in [9.17, 15) is 18.4 Å². The number of likely N-dealkylation sites (tertiary alicyclic amines) is 1. The maximum Gasteiger partial charge on any atom is 0.241 e. The molecule has 7 heteroatoms. The molecule has 0 aliphatic carbocycles. The Labute approximate surface area is 162 Å². The van der Waals surface area contributed by atoms with E-state index in [0.717, 1.165) is 23.9 Å². The molecule has 0 unspecified atom stereocenters. The van der Waals surface area contributed by atoms with Crippen LogP contribution in [0.2, 0.25) is 0 Å². The number of halogens is 2. The first-order chi connectivity index (χ1) is 13.4. The van der Waals surface area contributed by atoms with Gasteiger partial charge in [-0.15, -0.1) is 0 Å². The van der Waals surface area contributed by atoms with Crippen molar-refractivity contribution in [2.24, 2.45) is 5.92 Å². The normalized spacial score (nSPS) is 16.4. The number of amides is 2. The Kier molecular flexibility index (Phi) is 6.36. The van der Waals surface area contributed by atoms with E-state index in [1.54, 1.807) is 6.92 Å². The number of carbonyl (C=O) groups is 2. The molecule has 0 spiro atoms. The van der Waals surface area contributed by atoms with E-state index in [-0.39, 0.29) is 17.5 Å². The van der Waals surface area contributed by atoms with Crippen molar-refractivity contribution in [3.8, 4) is 0 Å². The highest BCUT2D eigenvalue weighted by Crippen LogP contribution is 2.22. The zero-order chi connectivity index (χ0) is 20.1. The van der Waals surface area contributed by atoms with Crippen molar-refractivity contribution in [3.05, 3.63) is 60.2 Å². The molecule has 2 aromatic rings. The maximum absolute atomic E-state index is 13.7. The molecular weight excluding hydrogens is 364 g/mol. The number of nitrogens with one attached hydrogen (secondary N) is 2. The zero-order valence-electron chi connectivity index (χ0n) is 15.6. The van der Waals surface area contributed by atoms with Crippen molar-refractivity contribution in [1.29, 1.82) is 0 Å². The van der Waals surface area contributed by atoms with Crippen LogP contribution in [-0.2, 0) is 9.59 Å². The Morgan fingerprint density at radius 1 is 1.04 bits per heavy atom. The van der Waals surface area contributed by atoms with Gasteiger partial charge in [-0.05, 0) is 57.1 Å². The molecule has 0 saturated carbocycles. The van der Waals surface area contributed by atoms with Gasteiger partial charge >= 0.3 is 0 Å². The lowest BCUT2D eigenvalue weighted by Gasteiger charge is -2.34. The van der Waals surface area contributed by atoms with Crippen LogP contribution in [0, 0.1) is 17.6 Å². The van der Waals surface area contributed by atoms with E-state index in [1.807, 2.05) is 35.2 Å². The second-order valence-electron chi connectivity index (χ2n) is 6.95. The van der Waals surface area contributed by atoms with Gasteiger partial charge in [0.05, 0.1) is 11.7 Å². The summed E-state index contributed by atoms with van der Waals surface area (Å²) < 4.78 is 27.0. The van der Waals surface area contributed by atoms with E-state index in [2.05, 4.69) is 10.6 Å². The minimum Gasteiger partial charge on any atom is -0.326 e. The van der Waals surface area contributed by atoms with Gasteiger partial charge in [-0.3, -0.25) is 14.5 Å². The first kappa shape index (κ1) is 19.9. The van der Waals surface area contributed by atoms with Crippen LogP contribution in [0.3, 0.4) is 0 Å². The smallest absolute Gasteiger partial charge is 0.241 e. The number of benzene rings is 2. The van der Waals surface area contributed by atoms with Gasteiger partial charge in [-0.1, -0.05) is 18.2 Å². The first-order valence-electron chi connectivity index (χ1n) is 9.30. The Morgan fingerprint density at radius 3 is 2.39 bits per heavy atom. The monoisotopic (exact) mass is 387 g/mol. The van der Waals surface area contributed by atoms with Gasteiger partial charge in [-0.25, -0.2) is 8.78 Å². The van der Waals surface area contributed by atoms with Crippen molar-refractivity contribution < 1.29 is 18.4 Å². The third kappa shape index (κ3) is 4.92. The summed E-state index contributed by atoms with van der Waals surface area (Å²) in [6.07, 6.45) is 1.26. The van der Waals surface area contributed by atoms with Gasteiger partial charge in [-0.2, -0.15) is 0 Å². The van der Waals surface area contributed by atoms with Crippen molar-refractivity contribution >= 4 is 23.2 Å². The highest BCUT2D eigenvalue weighted by atomic mass is 19.1. The summed E-state index contributed by atoms with van der Waals surface area (Å²) in [5, 5.41) is 5.35. The van der Waals surface area contributed by atoms with Gasteiger partial charge in [0.2, 0.25) is 11.8 Å². The molecule has 1 saturated heterocycles. The molecule has 1 aliphatic rings. The van der Waals surface area contributed by atoms with Gasteiger partial charge in [0.25, 0.3) is 0 Å². The molecular formula is C21H23F2N3O2. The predicted molar refractivity (Wildman–Crippen MR) is 104 cm³/mol. The van der Waals surface area contributed by atoms with Crippen molar-refractivity contribution in [2.75, 3.05) is 23.7 Å². The second-order valence-corrected chi connectivity index (χ2v) is 6.95. The number of carbonyl (C=O) groups excluding carboxylic acids is 2. The fourth-order valence-corrected chi connectivity index (χ4v) is 3.31. The van der Waals surface area contributed by atoms with E-state index < -0.39 is 23.6 Å². The molecule has 1 aliphatic heterocycles. The molecule has 5 nitrogen and oxygen atoms in total. The third-order valence-electron chi connectivity index (χ3n) is 5.06. The summed E-state index contributed by atoms with van der Waals surface area (Å²) >= 11 is 0. The zero-order valence-corrected chi connectivity index (χ0v) is 15.6. The maximum atomic E-state index is 13.7. The van der Waals surface area contributed by atoms with Crippen LogP contribution in [0.5, 0.6) is 0 Å². The Morgan fingerprint density at radius 2 is 1.71 bits per heavy atom. The number of nitrogens with zero attached hydrogens (tertiary/aromatic N) is 1. The fraction of sp³-hybridized carbons (Fsp3) is 0.333. The van der Waals surface area contributed by atoms with Crippen molar-refractivity contribution in [1.82, 2.24) is 4.90 Å². The van der Waals surface area contributed by atoms with Gasteiger partial charge in [0.1, 0.15) is 11.6 Å². The quantitative estimate of drug-likeness (QED) is 0.823. The van der Waals surface area contributed by atoms with Crippen LogP contribution in [0.25, 0.3) is 0 Å². The Hall–Kier alpha value is -2.80. The molecule has 0 bridgehead atoms.